The molecule has 0 spiro atoms. The summed E-state index contributed by atoms with van der Waals surface area (Å²) < 4.78 is 49.4. The minimum Gasteiger partial charge on any atom is -0.444 e. The van der Waals surface area contributed by atoms with E-state index in [2.05, 4.69) is 20.7 Å². The molecule has 1 aliphatic heterocycles. The molecule has 0 saturated heterocycles. The molecule has 1 aromatic carbocycles. The van der Waals surface area contributed by atoms with Gasteiger partial charge in [-0.2, -0.15) is 8.78 Å². The molecule has 122 valence electrons. The topological polar surface area (TPSA) is 38.8 Å². The number of nitrogens with zero attached hydrogens (tertiary/aromatic N) is 1. The second kappa shape index (κ2) is 5.64. The highest BCUT2D eigenvalue weighted by Crippen LogP contribution is 2.37. The number of rotatable bonds is 2. The third-order valence-corrected chi connectivity index (χ3v) is 3.07. The summed E-state index contributed by atoms with van der Waals surface area (Å²) in [4.78, 5) is 13.3. The van der Waals surface area contributed by atoms with Crippen molar-refractivity contribution in [1.82, 2.24) is 4.90 Å². The molecule has 1 amide bonds. The molecule has 0 unspecified atom stereocenters. The standard InChI is InChI=1S/C14H15BrF3NO3/c1-13(2,3)22-12(20)19-6-8-9(7-19)11(5-4-10(8)16)21-14(15,17)18/h4-5H,6-7H2,1-3H3. The molecular weight excluding hydrogens is 367 g/mol. The number of benzene rings is 1. The van der Waals surface area contributed by atoms with Crippen molar-refractivity contribution in [2.24, 2.45) is 0 Å². The van der Waals surface area contributed by atoms with Crippen LogP contribution in [-0.4, -0.2) is 21.6 Å². The Morgan fingerprint density at radius 2 is 1.82 bits per heavy atom. The fraction of sp³-hybridized carbons (Fsp3) is 0.500. The van der Waals surface area contributed by atoms with Gasteiger partial charge in [0.05, 0.1) is 13.1 Å². The van der Waals surface area contributed by atoms with Gasteiger partial charge in [0, 0.05) is 27.1 Å². The molecule has 0 bridgehead atoms. The highest BCUT2D eigenvalue weighted by molar-refractivity contribution is 9.09. The molecule has 0 atom stereocenters. The average molecular weight is 382 g/mol. The first kappa shape index (κ1) is 16.9. The van der Waals surface area contributed by atoms with Crippen LogP contribution in [0, 0.1) is 5.82 Å². The van der Waals surface area contributed by atoms with Crippen molar-refractivity contribution in [2.45, 2.75) is 44.5 Å². The highest BCUT2D eigenvalue weighted by atomic mass is 79.9. The summed E-state index contributed by atoms with van der Waals surface area (Å²) in [7, 11) is 0. The van der Waals surface area contributed by atoms with Gasteiger partial charge >= 0.3 is 11.1 Å². The lowest BCUT2D eigenvalue weighted by molar-refractivity contribution is -0.0809. The Kier molecular flexibility index (Phi) is 4.34. The number of halogens is 4. The second-order valence-corrected chi connectivity index (χ2v) is 6.81. The third-order valence-electron chi connectivity index (χ3n) is 2.91. The number of fused-ring (bicyclic) bond motifs is 1. The predicted octanol–water partition coefficient (Wildman–Crippen LogP) is 4.40. The largest absolute Gasteiger partial charge is 0.459 e. The van der Waals surface area contributed by atoms with Crippen molar-refractivity contribution < 1.29 is 27.4 Å². The number of carbonyl (C=O) groups is 1. The van der Waals surface area contributed by atoms with E-state index < -0.39 is 22.5 Å². The lowest BCUT2D eigenvalue weighted by Gasteiger charge is -2.24. The Balaban J connectivity index is 2.24. The van der Waals surface area contributed by atoms with E-state index in [4.69, 9.17) is 4.74 Å². The van der Waals surface area contributed by atoms with Crippen LogP contribution in [0.15, 0.2) is 12.1 Å². The van der Waals surface area contributed by atoms with Crippen LogP contribution in [0.25, 0.3) is 0 Å². The molecule has 0 radical (unpaired) electrons. The Morgan fingerprint density at radius 3 is 2.36 bits per heavy atom. The molecule has 0 N–H and O–H groups in total. The number of ether oxygens (including phenoxy) is 2. The molecule has 0 fully saturated rings. The van der Waals surface area contributed by atoms with Gasteiger partial charge in [0.2, 0.25) is 0 Å². The van der Waals surface area contributed by atoms with Crippen molar-refractivity contribution in [1.29, 1.82) is 0 Å². The maximum atomic E-state index is 13.8. The minimum atomic E-state index is -3.57. The van der Waals surface area contributed by atoms with Crippen molar-refractivity contribution in [3.05, 3.63) is 29.1 Å². The first-order valence-corrected chi connectivity index (χ1v) is 7.29. The van der Waals surface area contributed by atoms with Gasteiger partial charge in [0.25, 0.3) is 0 Å². The van der Waals surface area contributed by atoms with Gasteiger partial charge in [-0.25, -0.2) is 9.18 Å². The van der Waals surface area contributed by atoms with E-state index in [-0.39, 0.29) is 30.0 Å². The average Bonchev–Trinajstić information content (AvgIpc) is 2.75. The maximum absolute atomic E-state index is 13.8. The van der Waals surface area contributed by atoms with E-state index >= 15 is 0 Å². The zero-order valence-corrected chi connectivity index (χ0v) is 13.8. The predicted molar refractivity (Wildman–Crippen MR) is 76.4 cm³/mol. The summed E-state index contributed by atoms with van der Waals surface area (Å²) in [6, 6.07) is 2.15. The molecule has 1 heterocycles. The van der Waals surface area contributed by atoms with Crippen LogP contribution in [-0.2, 0) is 17.8 Å². The molecule has 2 rings (SSSR count). The zero-order valence-electron chi connectivity index (χ0n) is 12.3. The number of amides is 1. The van der Waals surface area contributed by atoms with Crippen LogP contribution in [0.1, 0.15) is 31.9 Å². The Bertz CT molecular complexity index is 596. The molecular formula is C14H15BrF3NO3. The van der Waals surface area contributed by atoms with Crippen molar-refractivity contribution in [3.63, 3.8) is 0 Å². The SMILES string of the molecule is CC(C)(C)OC(=O)N1Cc2c(F)ccc(OC(F)(F)Br)c2C1. The number of carbonyl (C=O) groups excluding carboxylic acids is 1. The Labute approximate surface area is 134 Å². The van der Waals surface area contributed by atoms with E-state index in [1.807, 2.05) is 0 Å². The Morgan fingerprint density at radius 1 is 1.23 bits per heavy atom. The lowest BCUT2D eigenvalue weighted by Crippen LogP contribution is -2.33. The molecule has 0 saturated carbocycles. The van der Waals surface area contributed by atoms with Gasteiger partial charge in [-0.3, -0.25) is 4.90 Å². The van der Waals surface area contributed by atoms with E-state index in [0.29, 0.717) is 0 Å². The molecule has 0 aromatic heterocycles. The van der Waals surface area contributed by atoms with Crippen LogP contribution < -0.4 is 4.74 Å². The van der Waals surface area contributed by atoms with Gasteiger partial charge in [0.15, 0.2) is 0 Å². The van der Waals surface area contributed by atoms with E-state index in [0.717, 1.165) is 12.1 Å². The summed E-state index contributed by atoms with van der Waals surface area (Å²) in [5.74, 6) is -0.754. The summed E-state index contributed by atoms with van der Waals surface area (Å²) in [6.07, 6.45) is -0.639. The van der Waals surface area contributed by atoms with E-state index in [9.17, 15) is 18.0 Å². The smallest absolute Gasteiger partial charge is 0.444 e. The summed E-state index contributed by atoms with van der Waals surface area (Å²) in [6.45, 7) is 5.00. The first-order valence-electron chi connectivity index (χ1n) is 6.50. The van der Waals surface area contributed by atoms with Crippen molar-refractivity contribution >= 4 is 22.0 Å². The number of hydrogen-bond donors (Lipinski definition) is 0. The first-order chi connectivity index (χ1) is 9.96. The fourth-order valence-corrected chi connectivity index (χ4v) is 2.28. The van der Waals surface area contributed by atoms with Crippen LogP contribution >= 0.6 is 15.9 Å². The van der Waals surface area contributed by atoms with E-state index in [1.54, 1.807) is 20.8 Å². The summed E-state index contributed by atoms with van der Waals surface area (Å²) >= 11 is 2.07. The van der Waals surface area contributed by atoms with Crippen LogP contribution in [0.5, 0.6) is 5.75 Å². The fourth-order valence-electron chi connectivity index (χ4n) is 2.10. The van der Waals surface area contributed by atoms with E-state index in [1.165, 1.54) is 4.90 Å². The minimum absolute atomic E-state index is 0.0544. The van der Waals surface area contributed by atoms with Crippen molar-refractivity contribution in [2.75, 3.05) is 0 Å². The maximum Gasteiger partial charge on any atom is 0.459 e. The van der Waals surface area contributed by atoms with Crippen LogP contribution in [0.4, 0.5) is 18.0 Å². The lowest BCUT2D eigenvalue weighted by atomic mass is 10.1. The summed E-state index contributed by atoms with van der Waals surface area (Å²) in [5, 5.41) is -3.57. The molecule has 1 aliphatic rings. The second-order valence-electron chi connectivity index (χ2n) is 5.89. The van der Waals surface area contributed by atoms with Gasteiger partial charge in [-0.15, -0.1) is 0 Å². The Hall–Kier alpha value is -1.44. The van der Waals surface area contributed by atoms with Crippen LogP contribution in [0.2, 0.25) is 0 Å². The van der Waals surface area contributed by atoms with Gasteiger partial charge in [-0.1, -0.05) is 0 Å². The third kappa shape index (κ3) is 4.06. The molecule has 1 aromatic rings. The molecule has 22 heavy (non-hydrogen) atoms. The zero-order chi connectivity index (χ0) is 16.7. The normalized spacial score (nSPS) is 14.8. The van der Waals surface area contributed by atoms with Gasteiger partial charge < -0.3 is 9.47 Å². The molecule has 8 heteroatoms. The highest BCUT2D eigenvalue weighted by Gasteiger charge is 2.34. The summed E-state index contributed by atoms with van der Waals surface area (Å²) in [5.41, 5.74) is -0.336. The molecule has 4 nitrogen and oxygen atoms in total. The quantitative estimate of drug-likeness (QED) is 0.712. The van der Waals surface area contributed by atoms with Gasteiger partial charge in [0.1, 0.15) is 17.2 Å². The number of alkyl halides is 3. The number of hydrogen-bond acceptors (Lipinski definition) is 3. The monoisotopic (exact) mass is 381 g/mol. The van der Waals surface area contributed by atoms with Crippen LogP contribution in [0.3, 0.4) is 0 Å². The molecule has 0 aliphatic carbocycles. The van der Waals surface area contributed by atoms with Crippen molar-refractivity contribution in [3.8, 4) is 5.75 Å². The van der Waals surface area contributed by atoms with Gasteiger partial charge in [-0.05, 0) is 32.9 Å².